The SMILES string of the molecule is CC1=NN(c2ccccc2)C2OC(c3ccccc3)[C@@H]([N+](=O)[O-])[C@H](c3ccccc3)C12. The minimum atomic E-state index is -0.924. The number of hydrogen-bond acceptors (Lipinski definition) is 5. The average molecular weight is 413 g/mol. The Kier molecular flexibility index (Phi) is 5.00. The quantitative estimate of drug-likeness (QED) is 0.445. The molecule has 3 aromatic carbocycles. The van der Waals surface area contributed by atoms with E-state index in [0.717, 1.165) is 22.5 Å². The summed E-state index contributed by atoms with van der Waals surface area (Å²) in [6.07, 6.45) is -1.11. The summed E-state index contributed by atoms with van der Waals surface area (Å²) in [6, 6.07) is 28.2. The number of nitro groups is 1. The van der Waals surface area contributed by atoms with Gasteiger partial charge in [0, 0.05) is 10.6 Å². The van der Waals surface area contributed by atoms with Gasteiger partial charge in [-0.05, 0) is 30.2 Å². The van der Waals surface area contributed by atoms with Gasteiger partial charge in [-0.25, -0.2) is 5.01 Å². The number of ether oxygens (including phenoxy) is 1. The van der Waals surface area contributed by atoms with Crippen LogP contribution in [0.5, 0.6) is 0 Å². The molecule has 0 spiro atoms. The fourth-order valence-corrected chi connectivity index (χ4v) is 4.89. The van der Waals surface area contributed by atoms with Crippen LogP contribution >= 0.6 is 0 Å². The molecular weight excluding hydrogens is 390 g/mol. The van der Waals surface area contributed by atoms with Crippen LogP contribution in [0, 0.1) is 16.0 Å². The zero-order valence-corrected chi connectivity index (χ0v) is 17.1. The number of nitrogens with zero attached hydrogens (tertiary/aromatic N) is 3. The number of hydrazone groups is 1. The zero-order valence-electron chi connectivity index (χ0n) is 17.1. The Hall–Kier alpha value is -3.51. The molecule has 31 heavy (non-hydrogen) atoms. The van der Waals surface area contributed by atoms with Crippen molar-refractivity contribution in [3.05, 3.63) is 112 Å². The lowest BCUT2D eigenvalue weighted by atomic mass is 9.73. The molecule has 3 aromatic rings. The topological polar surface area (TPSA) is 68.0 Å². The summed E-state index contributed by atoms with van der Waals surface area (Å²) in [6.45, 7) is 1.94. The Morgan fingerprint density at radius 2 is 1.39 bits per heavy atom. The molecule has 3 unspecified atom stereocenters. The summed E-state index contributed by atoms with van der Waals surface area (Å²) >= 11 is 0. The van der Waals surface area contributed by atoms with E-state index in [0.29, 0.717) is 0 Å². The molecule has 5 rings (SSSR count). The van der Waals surface area contributed by atoms with Gasteiger partial charge in [-0.1, -0.05) is 78.9 Å². The van der Waals surface area contributed by atoms with Gasteiger partial charge in [-0.3, -0.25) is 10.1 Å². The van der Waals surface area contributed by atoms with Gasteiger partial charge in [0.05, 0.1) is 17.5 Å². The highest BCUT2D eigenvalue weighted by Gasteiger charge is 2.57. The molecule has 0 saturated carbocycles. The molecule has 0 amide bonds. The van der Waals surface area contributed by atoms with E-state index >= 15 is 0 Å². The third-order valence-corrected chi connectivity index (χ3v) is 6.22. The van der Waals surface area contributed by atoms with Crippen molar-refractivity contribution in [2.24, 2.45) is 11.0 Å². The summed E-state index contributed by atoms with van der Waals surface area (Å²) in [7, 11) is 0. The fourth-order valence-electron chi connectivity index (χ4n) is 4.89. The van der Waals surface area contributed by atoms with Crippen molar-refractivity contribution in [1.82, 2.24) is 0 Å². The number of rotatable bonds is 4. The molecule has 2 heterocycles. The molecule has 2 aliphatic heterocycles. The minimum absolute atomic E-state index is 0.177. The van der Waals surface area contributed by atoms with Gasteiger partial charge in [-0.2, -0.15) is 5.10 Å². The summed E-state index contributed by atoms with van der Waals surface area (Å²) < 4.78 is 6.53. The van der Waals surface area contributed by atoms with Gasteiger partial charge in [0.2, 0.25) is 0 Å². The molecule has 5 atom stereocenters. The normalized spacial score (nSPS) is 27.5. The summed E-state index contributed by atoms with van der Waals surface area (Å²) in [5.41, 5.74) is 3.50. The molecule has 1 fully saturated rings. The lowest BCUT2D eigenvalue weighted by Gasteiger charge is -2.42. The molecule has 6 nitrogen and oxygen atoms in total. The van der Waals surface area contributed by atoms with Crippen LogP contribution in [0.25, 0.3) is 0 Å². The van der Waals surface area contributed by atoms with Crippen LogP contribution in [-0.2, 0) is 4.74 Å². The summed E-state index contributed by atoms with van der Waals surface area (Å²) in [4.78, 5) is 12.3. The summed E-state index contributed by atoms with van der Waals surface area (Å²) in [5, 5.41) is 19.1. The lowest BCUT2D eigenvalue weighted by Crippen LogP contribution is -2.52. The molecule has 0 aliphatic carbocycles. The predicted molar refractivity (Wildman–Crippen MR) is 120 cm³/mol. The smallest absolute Gasteiger partial charge is 0.250 e. The highest BCUT2D eigenvalue weighted by molar-refractivity contribution is 5.90. The van der Waals surface area contributed by atoms with Crippen LogP contribution < -0.4 is 5.01 Å². The van der Waals surface area contributed by atoms with E-state index in [1.54, 1.807) is 0 Å². The molecule has 0 aromatic heterocycles. The maximum atomic E-state index is 12.4. The Morgan fingerprint density at radius 1 is 0.839 bits per heavy atom. The van der Waals surface area contributed by atoms with Crippen molar-refractivity contribution in [2.45, 2.75) is 31.2 Å². The first-order chi connectivity index (χ1) is 15.1. The van der Waals surface area contributed by atoms with Crippen molar-refractivity contribution in [1.29, 1.82) is 0 Å². The van der Waals surface area contributed by atoms with Crippen molar-refractivity contribution >= 4 is 11.4 Å². The number of anilines is 1. The third-order valence-electron chi connectivity index (χ3n) is 6.22. The standard InChI is InChI=1S/C25H23N3O3/c1-17-21-22(18-11-5-2-6-12-18)23(28(29)30)24(19-13-7-3-8-14-19)31-25(21)27(26-17)20-15-9-4-10-16-20/h2-16,21-25H,1H3/t21?,22-,23+,24?,25?/m1/s1. The second-order valence-electron chi connectivity index (χ2n) is 8.02. The van der Waals surface area contributed by atoms with Crippen molar-refractivity contribution < 1.29 is 9.66 Å². The number of fused-ring (bicyclic) bond motifs is 1. The number of hydrogen-bond donors (Lipinski definition) is 0. The van der Waals surface area contributed by atoms with Crippen molar-refractivity contribution in [3.63, 3.8) is 0 Å². The van der Waals surface area contributed by atoms with Crippen LogP contribution in [0.4, 0.5) is 5.69 Å². The van der Waals surface area contributed by atoms with E-state index in [1.165, 1.54) is 0 Å². The van der Waals surface area contributed by atoms with E-state index in [2.05, 4.69) is 0 Å². The van der Waals surface area contributed by atoms with Crippen molar-refractivity contribution in [3.8, 4) is 0 Å². The van der Waals surface area contributed by atoms with E-state index in [9.17, 15) is 10.1 Å². The molecule has 2 aliphatic rings. The second kappa shape index (κ2) is 7.96. The third kappa shape index (κ3) is 3.39. The summed E-state index contributed by atoms with van der Waals surface area (Å²) in [5.74, 6) is -0.587. The molecule has 6 heteroatoms. The average Bonchev–Trinajstić information content (AvgIpc) is 3.15. The van der Waals surface area contributed by atoms with E-state index < -0.39 is 18.4 Å². The largest absolute Gasteiger partial charge is 0.341 e. The Morgan fingerprint density at radius 3 is 1.97 bits per heavy atom. The fraction of sp³-hybridized carbons (Fsp3) is 0.240. The van der Waals surface area contributed by atoms with E-state index in [4.69, 9.17) is 9.84 Å². The van der Waals surface area contributed by atoms with Gasteiger partial charge >= 0.3 is 0 Å². The highest BCUT2D eigenvalue weighted by Crippen LogP contribution is 2.49. The van der Waals surface area contributed by atoms with E-state index in [-0.39, 0.29) is 16.8 Å². The maximum absolute atomic E-state index is 12.4. The Bertz CT molecular complexity index is 1090. The monoisotopic (exact) mass is 413 g/mol. The first-order valence-corrected chi connectivity index (χ1v) is 10.4. The molecule has 0 N–H and O–H groups in total. The predicted octanol–water partition coefficient (Wildman–Crippen LogP) is 5.03. The highest BCUT2D eigenvalue weighted by atomic mass is 16.6. The van der Waals surface area contributed by atoms with Gasteiger partial charge in [0.15, 0.2) is 12.3 Å². The Balaban J connectivity index is 1.66. The van der Waals surface area contributed by atoms with Crippen LogP contribution in [0.15, 0.2) is 96.1 Å². The molecule has 1 saturated heterocycles. The van der Waals surface area contributed by atoms with Gasteiger partial charge in [0.25, 0.3) is 6.04 Å². The minimum Gasteiger partial charge on any atom is -0.341 e. The van der Waals surface area contributed by atoms with Crippen LogP contribution in [-0.4, -0.2) is 22.9 Å². The Labute approximate surface area is 180 Å². The van der Waals surface area contributed by atoms with Gasteiger partial charge in [0.1, 0.15) is 0 Å². The van der Waals surface area contributed by atoms with Crippen LogP contribution in [0.3, 0.4) is 0 Å². The van der Waals surface area contributed by atoms with Gasteiger partial charge in [-0.15, -0.1) is 0 Å². The molecule has 156 valence electrons. The first-order valence-electron chi connectivity index (χ1n) is 10.4. The number of para-hydroxylation sites is 1. The van der Waals surface area contributed by atoms with Crippen molar-refractivity contribution in [2.75, 3.05) is 5.01 Å². The van der Waals surface area contributed by atoms with E-state index in [1.807, 2.05) is 103 Å². The molecular formula is C25H23N3O3. The zero-order chi connectivity index (χ0) is 21.4. The van der Waals surface area contributed by atoms with Crippen LogP contribution in [0.1, 0.15) is 30.1 Å². The maximum Gasteiger partial charge on any atom is 0.250 e. The lowest BCUT2D eigenvalue weighted by molar-refractivity contribution is -0.549. The van der Waals surface area contributed by atoms with Crippen LogP contribution in [0.2, 0.25) is 0 Å². The number of benzene rings is 3. The molecule has 0 radical (unpaired) electrons. The molecule has 0 bridgehead atoms. The second-order valence-corrected chi connectivity index (χ2v) is 8.02. The van der Waals surface area contributed by atoms with Gasteiger partial charge < -0.3 is 4.74 Å². The first kappa shape index (κ1) is 19.5.